The molecule has 112 valence electrons. The van der Waals surface area contributed by atoms with Crippen LogP contribution in [0.25, 0.3) is 0 Å². The van der Waals surface area contributed by atoms with Gasteiger partial charge in [-0.2, -0.15) is 0 Å². The Morgan fingerprint density at radius 3 is 2.19 bits per heavy atom. The predicted octanol–water partition coefficient (Wildman–Crippen LogP) is 3.95. The average molecular weight is 284 g/mol. The van der Waals surface area contributed by atoms with Crippen LogP contribution in [0.15, 0.2) is 30.3 Å². The summed E-state index contributed by atoms with van der Waals surface area (Å²) in [6.07, 6.45) is 0. The number of rotatable bonds is 6. The van der Waals surface area contributed by atoms with Crippen molar-refractivity contribution in [3.63, 3.8) is 0 Å². The number of anilines is 2. The third-order valence-electron chi connectivity index (χ3n) is 3.32. The summed E-state index contributed by atoms with van der Waals surface area (Å²) in [6, 6.07) is 10.7. The summed E-state index contributed by atoms with van der Waals surface area (Å²) in [5, 5.41) is 6.57. The van der Waals surface area contributed by atoms with Gasteiger partial charge in [-0.05, 0) is 30.9 Å². The molecule has 0 radical (unpaired) electrons. The molecule has 0 unspecified atom stereocenters. The average Bonchev–Trinajstić information content (AvgIpc) is 2.45. The van der Waals surface area contributed by atoms with Gasteiger partial charge in [-0.1, -0.05) is 38.1 Å². The first-order chi connectivity index (χ1) is 10.1. The predicted molar refractivity (Wildman–Crippen MR) is 88.8 cm³/mol. The lowest BCUT2D eigenvalue weighted by atomic mass is 10.0. The Morgan fingerprint density at radius 2 is 1.62 bits per heavy atom. The highest BCUT2D eigenvalue weighted by molar-refractivity contribution is 5.47. The van der Waals surface area contributed by atoms with Crippen LogP contribution in [-0.2, 0) is 6.54 Å². The van der Waals surface area contributed by atoms with Crippen molar-refractivity contribution >= 4 is 11.6 Å². The Bertz CT molecular complexity index is 576. The molecule has 1 aromatic carbocycles. The molecular formula is C17H24N4. The molecule has 1 aromatic heterocycles. The molecule has 0 bridgehead atoms. The van der Waals surface area contributed by atoms with Gasteiger partial charge in [0.25, 0.3) is 0 Å². The van der Waals surface area contributed by atoms with E-state index in [0.717, 1.165) is 30.5 Å². The van der Waals surface area contributed by atoms with Gasteiger partial charge in [0.15, 0.2) is 0 Å². The molecule has 2 aromatic rings. The lowest BCUT2D eigenvalue weighted by Gasteiger charge is -2.10. The van der Waals surface area contributed by atoms with Crippen LogP contribution in [0.2, 0.25) is 0 Å². The van der Waals surface area contributed by atoms with Crippen LogP contribution in [-0.4, -0.2) is 16.5 Å². The van der Waals surface area contributed by atoms with Gasteiger partial charge in [0.05, 0.1) is 0 Å². The standard InChI is InChI=1S/C17H24N4/c1-5-18-16-10-17(21-13(4)20-16)19-11-14-6-8-15(9-7-14)12(2)3/h6-10,12H,5,11H2,1-4H3,(H2,18,19,20,21). The zero-order chi connectivity index (χ0) is 15.2. The van der Waals surface area contributed by atoms with Crippen LogP contribution in [0.4, 0.5) is 11.6 Å². The summed E-state index contributed by atoms with van der Waals surface area (Å²) < 4.78 is 0. The fourth-order valence-electron chi connectivity index (χ4n) is 2.14. The smallest absolute Gasteiger partial charge is 0.132 e. The summed E-state index contributed by atoms with van der Waals surface area (Å²) in [7, 11) is 0. The zero-order valence-corrected chi connectivity index (χ0v) is 13.3. The minimum atomic E-state index is 0.569. The topological polar surface area (TPSA) is 49.8 Å². The third-order valence-corrected chi connectivity index (χ3v) is 3.32. The molecule has 0 aliphatic heterocycles. The lowest BCUT2D eigenvalue weighted by molar-refractivity contribution is 0.865. The number of benzene rings is 1. The normalized spacial score (nSPS) is 10.7. The number of nitrogens with zero attached hydrogens (tertiary/aromatic N) is 2. The molecule has 1 heterocycles. The quantitative estimate of drug-likeness (QED) is 0.843. The van der Waals surface area contributed by atoms with Gasteiger partial charge in [-0.15, -0.1) is 0 Å². The Morgan fingerprint density at radius 1 is 1.00 bits per heavy atom. The molecule has 0 aliphatic rings. The van der Waals surface area contributed by atoms with Crippen molar-refractivity contribution in [3.05, 3.63) is 47.3 Å². The van der Waals surface area contributed by atoms with Crippen LogP contribution in [0.3, 0.4) is 0 Å². The first kappa shape index (κ1) is 15.3. The largest absolute Gasteiger partial charge is 0.370 e. The molecule has 2 rings (SSSR count). The van der Waals surface area contributed by atoms with Crippen LogP contribution < -0.4 is 10.6 Å². The molecule has 0 saturated heterocycles. The number of hydrogen-bond acceptors (Lipinski definition) is 4. The minimum Gasteiger partial charge on any atom is -0.370 e. The van der Waals surface area contributed by atoms with Gasteiger partial charge < -0.3 is 10.6 Å². The highest BCUT2D eigenvalue weighted by Crippen LogP contribution is 2.16. The SMILES string of the molecule is CCNc1cc(NCc2ccc(C(C)C)cc2)nc(C)n1. The molecule has 0 spiro atoms. The van der Waals surface area contributed by atoms with Crippen molar-refractivity contribution in [2.45, 2.75) is 40.2 Å². The van der Waals surface area contributed by atoms with E-state index in [1.807, 2.05) is 13.0 Å². The molecular weight excluding hydrogens is 260 g/mol. The van der Waals surface area contributed by atoms with E-state index in [-0.39, 0.29) is 0 Å². The van der Waals surface area contributed by atoms with Crippen LogP contribution >= 0.6 is 0 Å². The third kappa shape index (κ3) is 4.45. The van der Waals surface area contributed by atoms with E-state index in [2.05, 4.69) is 65.6 Å². The maximum atomic E-state index is 4.41. The molecule has 4 heteroatoms. The number of aryl methyl sites for hydroxylation is 1. The molecule has 0 saturated carbocycles. The second-order valence-electron chi connectivity index (χ2n) is 5.47. The Hall–Kier alpha value is -2.10. The molecule has 0 amide bonds. The minimum absolute atomic E-state index is 0.569. The monoisotopic (exact) mass is 284 g/mol. The molecule has 4 nitrogen and oxygen atoms in total. The zero-order valence-electron chi connectivity index (χ0n) is 13.3. The van der Waals surface area contributed by atoms with Gasteiger partial charge >= 0.3 is 0 Å². The van der Waals surface area contributed by atoms with Crippen LogP contribution in [0.5, 0.6) is 0 Å². The summed E-state index contributed by atoms with van der Waals surface area (Å²) in [4.78, 5) is 8.76. The molecule has 21 heavy (non-hydrogen) atoms. The maximum absolute atomic E-state index is 4.41. The van der Waals surface area contributed by atoms with E-state index < -0.39 is 0 Å². The number of nitrogens with one attached hydrogen (secondary N) is 2. The van der Waals surface area contributed by atoms with E-state index >= 15 is 0 Å². The van der Waals surface area contributed by atoms with Crippen molar-refractivity contribution in [2.75, 3.05) is 17.2 Å². The van der Waals surface area contributed by atoms with E-state index in [1.54, 1.807) is 0 Å². The summed E-state index contributed by atoms with van der Waals surface area (Å²) in [6.45, 7) is 10.00. The Kier molecular flexibility index (Phi) is 5.14. The van der Waals surface area contributed by atoms with E-state index in [0.29, 0.717) is 5.92 Å². The fraction of sp³-hybridized carbons (Fsp3) is 0.412. The van der Waals surface area contributed by atoms with Crippen molar-refractivity contribution in [2.24, 2.45) is 0 Å². The maximum Gasteiger partial charge on any atom is 0.132 e. The number of aromatic nitrogens is 2. The van der Waals surface area contributed by atoms with Gasteiger partial charge in [-0.3, -0.25) is 0 Å². The Labute approximate surface area is 127 Å². The fourth-order valence-corrected chi connectivity index (χ4v) is 2.14. The molecule has 0 aliphatic carbocycles. The highest BCUT2D eigenvalue weighted by atomic mass is 15.1. The Balaban J connectivity index is 2.02. The molecule has 2 N–H and O–H groups in total. The molecule has 0 fully saturated rings. The second kappa shape index (κ2) is 7.07. The highest BCUT2D eigenvalue weighted by Gasteiger charge is 2.02. The summed E-state index contributed by atoms with van der Waals surface area (Å²) in [5.41, 5.74) is 2.62. The summed E-state index contributed by atoms with van der Waals surface area (Å²) >= 11 is 0. The number of hydrogen-bond donors (Lipinski definition) is 2. The first-order valence-corrected chi connectivity index (χ1v) is 7.50. The van der Waals surface area contributed by atoms with Gasteiger partial charge in [0.2, 0.25) is 0 Å². The summed E-state index contributed by atoms with van der Waals surface area (Å²) in [5.74, 6) is 3.05. The van der Waals surface area contributed by atoms with Crippen LogP contribution in [0, 0.1) is 6.92 Å². The van der Waals surface area contributed by atoms with Gasteiger partial charge in [0, 0.05) is 19.2 Å². The van der Waals surface area contributed by atoms with E-state index in [9.17, 15) is 0 Å². The first-order valence-electron chi connectivity index (χ1n) is 7.50. The van der Waals surface area contributed by atoms with Crippen molar-refractivity contribution in [1.29, 1.82) is 0 Å². The second-order valence-corrected chi connectivity index (χ2v) is 5.47. The van der Waals surface area contributed by atoms with E-state index in [1.165, 1.54) is 11.1 Å². The molecule has 0 atom stereocenters. The van der Waals surface area contributed by atoms with Gasteiger partial charge in [0.1, 0.15) is 17.5 Å². The lowest BCUT2D eigenvalue weighted by Crippen LogP contribution is -2.06. The van der Waals surface area contributed by atoms with E-state index in [4.69, 9.17) is 0 Å². The van der Waals surface area contributed by atoms with Crippen molar-refractivity contribution in [3.8, 4) is 0 Å². The van der Waals surface area contributed by atoms with Crippen molar-refractivity contribution < 1.29 is 0 Å². The van der Waals surface area contributed by atoms with Crippen molar-refractivity contribution in [1.82, 2.24) is 9.97 Å². The van der Waals surface area contributed by atoms with Crippen LogP contribution in [0.1, 0.15) is 43.6 Å². The van der Waals surface area contributed by atoms with Gasteiger partial charge in [-0.25, -0.2) is 9.97 Å².